The minimum absolute atomic E-state index is 0.161. The Morgan fingerprint density at radius 3 is 2.79 bits per heavy atom. The Morgan fingerprint density at radius 1 is 1.16 bits per heavy atom. The van der Waals surface area contributed by atoms with Crippen molar-refractivity contribution in [1.29, 1.82) is 0 Å². The van der Waals surface area contributed by atoms with Gasteiger partial charge in [0.1, 0.15) is 5.15 Å². The number of carbonyl (C=O) groups excluding carboxylic acids is 1. The lowest BCUT2D eigenvalue weighted by atomic mass is 10.0. The van der Waals surface area contributed by atoms with Crippen molar-refractivity contribution in [3.8, 4) is 0 Å². The van der Waals surface area contributed by atoms with Gasteiger partial charge in [-0.15, -0.1) is 0 Å². The first-order valence-electron chi connectivity index (χ1n) is 6.23. The highest BCUT2D eigenvalue weighted by Crippen LogP contribution is 2.28. The molecule has 0 spiro atoms. The molecule has 4 heteroatoms. The van der Waals surface area contributed by atoms with E-state index in [4.69, 9.17) is 11.6 Å². The standard InChI is InChI=1S/C15H13ClN2O/c16-14-7-5-11(9-17-14)10-18-13-4-2-1-3-12(13)6-8-15(18)19/h1-5,7,9H,6,8,10H2. The first kappa shape index (κ1) is 12.2. The zero-order valence-corrected chi connectivity index (χ0v) is 11.1. The number of rotatable bonds is 2. The molecule has 0 N–H and O–H groups in total. The number of pyridine rings is 1. The maximum Gasteiger partial charge on any atom is 0.227 e. The van der Waals surface area contributed by atoms with E-state index < -0.39 is 0 Å². The van der Waals surface area contributed by atoms with Crippen LogP contribution in [0.4, 0.5) is 5.69 Å². The van der Waals surface area contributed by atoms with Crippen LogP contribution in [0, 0.1) is 0 Å². The first-order chi connectivity index (χ1) is 9.24. The summed E-state index contributed by atoms with van der Waals surface area (Å²) in [6, 6.07) is 11.7. The van der Waals surface area contributed by atoms with Crippen LogP contribution in [0.25, 0.3) is 0 Å². The fourth-order valence-corrected chi connectivity index (χ4v) is 2.46. The number of carbonyl (C=O) groups is 1. The number of nitrogens with zero attached hydrogens (tertiary/aromatic N) is 2. The highest BCUT2D eigenvalue weighted by atomic mass is 35.5. The van der Waals surface area contributed by atoms with Crippen LogP contribution in [0.3, 0.4) is 0 Å². The molecule has 0 saturated carbocycles. The molecule has 0 aliphatic carbocycles. The summed E-state index contributed by atoms with van der Waals surface area (Å²) in [5.74, 6) is 0.161. The lowest BCUT2D eigenvalue weighted by Gasteiger charge is -2.29. The first-order valence-corrected chi connectivity index (χ1v) is 6.60. The van der Waals surface area contributed by atoms with Gasteiger partial charge in [-0.1, -0.05) is 35.9 Å². The summed E-state index contributed by atoms with van der Waals surface area (Å²) >= 11 is 5.77. The molecule has 1 amide bonds. The van der Waals surface area contributed by atoms with Gasteiger partial charge < -0.3 is 4.90 Å². The summed E-state index contributed by atoms with van der Waals surface area (Å²) < 4.78 is 0. The monoisotopic (exact) mass is 272 g/mol. The second-order valence-electron chi connectivity index (χ2n) is 4.60. The molecule has 3 rings (SSSR count). The van der Waals surface area contributed by atoms with Crippen molar-refractivity contribution < 1.29 is 4.79 Å². The van der Waals surface area contributed by atoms with Gasteiger partial charge in [0, 0.05) is 18.3 Å². The number of anilines is 1. The Morgan fingerprint density at radius 2 is 2.00 bits per heavy atom. The molecule has 0 unspecified atom stereocenters. The highest BCUT2D eigenvalue weighted by molar-refractivity contribution is 6.29. The summed E-state index contributed by atoms with van der Waals surface area (Å²) in [4.78, 5) is 18.0. The SMILES string of the molecule is O=C1CCc2ccccc2N1Cc1ccc(Cl)nc1. The second-order valence-corrected chi connectivity index (χ2v) is 4.99. The average molecular weight is 273 g/mol. The molecular weight excluding hydrogens is 260 g/mol. The normalized spacial score (nSPS) is 14.4. The van der Waals surface area contributed by atoms with E-state index in [0.29, 0.717) is 18.1 Å². The van der Waals surface area contributed by atoms with Gasteiger partial charge in [0.25, 0.3) is 0 Å². The second kappa shape index (κ2) is 5.02. The van der Waals surface area contributed by atoms with Gasteiger partial charge in [-0.05, 0) is 29.7 Å². The van der Waals surface area contributed by atoms with Gasteiger partial charge in [-0.2, -0.15) is 0 Å². The molecule has 0 atom stereocenters. The third kappa shape index (κ3) is 2.47. The van der Waals surface area contributed by atoms with Crippen LogP contribution in [0.2, 0.25) is 5.15 Å². The van der Waals surface area contributed by atoms with Crippen LogP contribution in [0.1, 0.15) is 17.5 Å². The van der Waals surface area contributed by atoms with Crippen LogP contribution >= 0.6 is 11.6 Å². The maximum atomic E-state index is 12.1. The summed E-state index contributed by atoms with van der Waals surface area (Å²) in [7, 11) is 0. The van der Waals surface area contributed by atoms with E-state index in [9.17, 15) is 4.79 Å². The number of hydrogen-bond donors (Lipinski definition) is 0. The van der Waals surface area contributed by atoms with Crippen molar-refractivity contribution in [2.24, 2.45) is 0 Å². The topological polar surface area (TPSA) is 33.2 Å². The van der Waals surface area contributed by atoms with Gasteiger partial charge in [0.05, 0.1) is 6.54 Å². The molecule has 3 nitrogen and oxygen atoms in total. The van der Waals surface area contributed by atoms with Gasteiger partial charge in [0.2, 0.25) is 5.91 Å². The number of para-hydroxylation sites is 1. The van der Waals surface area contributed by atoms with E-state index in [1.807, 2.05) is 29.2 Å². The maximum absolute atomic E-state index is 12.1. The fraction of sp³-hybridized carbons (Fsp3) is 0.200. The quantitative estimate of drug-likeness (QED) is 0.787. The predicted octanol–water partition coefficient (Wildman–Crippen LogP) is 3.21. The smallest absolute Gasteiger partial charge is 0.227 e. The van der Waals surface area contributed by atoms with Crippen LogP contribution in [0.15, 0.2) is 42.6 Å². The third-order valence-corrected chi connectivity index (χ3v) is 3.54. The number of amides is 1. The molecule has 1 aliphatic heterocycles. The van der Waals surface area contributed by atoms with E-state index in [1.54, 1.807) is 12.3 Å². The molecule has 2 heterocycles. The largest absolute Gasteiger partial charge is 0.308 e. The molecule has 96 valence electrons. The molecule has 1 aromatic heterocycles. The van der Waals surface area contributed by atoms with Gasteiger partial charge in [-0.3, -0.25) is 4.79 Å². The Hall–Kier alpha value is -1.87. The number of halogens is 1. The Balaban J connectivity index is 1.91. The number of benzene rings is 1. The van der Waals surface area contributed by atoms with E-state index in [-0.39, 0.29) is 5.91 Å². The number of fused-ring (bicyclic) bond motifs is 1. The number of hydrogen-bond acceptors (Lipinski definition) is 2. The van der Waals surface area contributed by atoms with Crippen molar-refractivity contribution in [3.63, 3.8) is 0 Å². The van der Waals surface area contributed by atoms with E-state index in [1.165, 1.54) is 5.56 Å². The fourth-order valence-electron chi connectivity index (χ4n) is 2.35. The number of aromatic nitrogens is 1. The summed E-state index contributed by atoms with van der Waals surface area (Å²) in [6.45, 7) is 0.542. The van der Waals surface area contributed by atoms with Crippen molar-refractivity contribution in [1.82, 2.24) is 4.98 Å². The van der Waals surface area contributed by atoms with Crippen molar-refractivity contribution in [3.05, 3.63) is 58.9 Å². The van der Waals surface area contributed by atoms with Crippen molar-refractivity contribution in [2.45, 2.75) is 19.4 Å². The van der Waals surface area contributed by atoms with Gasteiger partial charge in [-0.25, -0.2) is 4.98 Å². The summed E-state index contributed by atoms with van der Waals surface area (Å²) in [5, 5.41) is 0.467. The average Bonchev–Trinajstić information content (AvgIpc) is 2.44. The summed E-state index contributed by atoms with van der Waals surface area (Å²) in [6.07, 6.45) is 3.11. The van der Waals surface area contributed by atoms with Gasteiger partial charge in [0.15, 0.2) is 0 Å². The lowest BCUT2D eigenvalue weighted by molar-refractivity contribution is -0.119. The molecule has 2 aromatic rings. The predicted molar refractivity (Wildman–Crippen MR) is 75.2 cm³/mol. The highest BCUT2D eigenvalue weighted by Gasteiger charge is 2.23. The Bertz CT molecular complexity index is 610. The molecule has 0 bridgehead atoms. The van der Waals surface area contributed by atoms with Crippen LogP contribution in [-0.2, 0) is 17.8 Å². The molecule has 0 saturated heterocycles. The number of aryl methyl sites for hydroxylation is 1. The van der Waals surface area contributed by atoms with Crippen LogP contribution < -0.4 is 4.90 Å². The third-order valence-electron chi connectivity index (χ3n) is 3.32. The zero-order valence-electron chi connectivity index (χ0n) is 10.3. The van der Waals surface area contributed by atoms with E-state index in [0.717, 1.165) is 17.7 Å². The van der Waals surface area contributed by atoms with E-state index in [2.05, 4.69) is 11.1 Å². The Labute approximate surface area is 116 Å². The van der Waals surface area contributed by atoms with Crippen LogP contribution in [0.5, 0.6) is 0 Å². The minimum atomic E-state index is 0.161. The van der Waals surface area contributed by atoms with Crippen LogP contribution in [-0.4, -0.2) is 10.9 Å². The van der Waals surface area contributed by atoms with Crippen molar-refractivity contribution in [2.75, 3.05) is 4.90 Å². The summed E-state index contributed by atoms with van der Waals surface area (Å²) in [5.41, 5.74) is 3.21. The molecule has 1 aromatic carbocycles. The molecule has 0 fully saturated rings. The lowest BCUT2D eigenvalue weighted by Crippen LogP contribution is -2.34. The molecule has 0 radical (unpaired) electrons. The molecular formula is C15H13ClN2O. The minimum Gasteiger partial charge on any atom is -0.308 e. The molecule has 19 heavy (non-hydrogen) atoms. The molecule has 1 aliphatic rings. The van der Waals surface area contributed by atoms with Crippen molar-refractivity contribution >= 4 is 23.2 Å². The van der Waals surface area contributed by atoms with Gasteiger partial charge >= 0.3 is 0 Å². The zero-order chi connectivity index (χ0) is 13.2. The van der Waals surface area contributed by atoms with E-state index >= 15 is 0 Å². The Kier molecular flexibility index (Phi) is 3.22.